The maximum absolute atomic E-state index is 14.5. The number of alkyl halides is 1. The quantitative estimate of drug-likeness (QED) is 0.423. The third-order valence-corrected chi connectivity index (χ3v) is 5.06. The summed E-state index contributed by atoms with van der Waals surface area (Å²) in [6.07, 6.45) is 2.52. The first kappa shape index (κ1) is 23.2. The van der Waals surface area contributed by atoms with E-state index < -0.39 is 12.5 Å². The van der Waals surface area contributed by atoms with Crippen LogP contribution < -0.4 is 14.4 Å². The molecule has 1 aromatic heterocycles. The van der Waals surface area contributed by atoms with Gasteiger partial charge in [-0.1, -0.05) is 24.3 Å². The molecule has 168 valence electrons. The van der Waals surface area contributed by atoms with E-state index in [1.54, 1.807) is 38.3 Å². The van der Waals surface area contributed by atoms with Crippen LogP contribution in [-0.4, -0.2) is 24.7 Å². The summed E-state index contributed by atoms with van der Waals surface area (Å²) in [5.41, 5.74) is 2.55. The summed E-state index contributed by atoms with van der Waals surface area (Å²) >= 11 is 0. The van der Waals surface area contributed by atoms with E-state index in [0.717, 1.165) is 11.1 Å². The molecule has 0 spiro atoms. The highest BCUT2D eigenvalue weighted by Gasteiger charge is 2.21. The third kappa shape index (κ3) is 5.41. The Bertz CT molecular complexity index is 1090. The molecule has 0 aliphatic carbocycles. The number of benzene rings is 2. The fourth-order valence-corrected chi connectivity index (χ4v) is 3.39. The monoisotopic (exact) mass is 440 g/mol. The van der Waals surface area contributed by atoms with Crippen LogP contribution >= 0.6 is 0 Å². The minimum atomic E-state index is -0.485. The molecule has 3 rings (SSSR count). The molecule has 7 heteroatoms. The number of hydrogen-bond donors (Lipinski definition) is 0. The topological polar surface area (TPSA) is 51.7 Å². The Kier molecular flexibility index (Phi) is 7.76. The van der Waals surface area contributed by atoms with Crippen molar-refractivity contribution in [3.05, 3.63) is 77.2 Å². The number of aromatic nitrogens is 1. The molecule has 0 unspecified atom stereocenters. The van der Waals surface area contributed by atoms with Gasteiger partial charge in [0.15, 0.2) is 11.6 Å². The van der Waals surface area contributed by atoms with E-state index in [-0.39, 0.29) is 24.1 Å². The average molecular weight is 440 g/mol. The van der Waals surface area contributed by atoms with Crippen LogP contribution in [0.25, 0.3) is 0 Å². The van der Waals surface area contributed by atoms with Crippen molar-refractivity contribution in [2.24, 2.45) is 0 Å². The minimum Gasteiger partial charge on any atom is -0.496 e. The Morgan fingerprint density at radius 1 is 1.12 bits per heavy atom. The average Bonchev–Trinajstić information content (AvgIpc) is 2.79. The van der Waals surface area contributed by atoms with Crippen molar-refractivity contribution in [3.63, 3.8) is 0 Å². The van der Waals surface area contributed by atoms with E-state index in [9.17, 15) is 13.6 Å². The Labute approximate surface area is 186 Å². The van der Waals surface area contributed by atoms with Gasteiger partial charge in [-0.3, -0.25) is 9.18 Å². The third-order valence-electron chi connectivity index (χ3n) is 5.06. The van der Waals surface area contributed by atoms with Crippen molar-refractivity contribution < 1.29 is 23.0 Å². The zero-order valence-electron chi connectivity index (χ0n) is 18.4. The number of halogens is 2. The first-order chi connectivity index (χ1) is 15.4. The van der Waals surface area contributed by atoms with Crippen LogP contribution in [-0.2, 0) is 17.8 Å². The van der Waals surface area contributed by atoms with Gasteiger partial charge in [0.2, 0.25) is 11.8 Å². The van der Waals surface area contributed by atoms with Crippen molar-refractivity contribution in [2.45, 2.75) is 33.2 Å². The molecule has 0 aliphatic heterocycles. The number of methoxy groups -OCH3 is 1. The lowest BCUT2D eigenvalue weighted by molar-refractivity contribution is -0.116. The maximum Gasteiger partial charge on any atom is 0.243 e. The van der Waals surface area contributed by atoms with Gasteiger partial charge in [-0.25, -0.2) is 9.37 Å². The standard InChI is InChI=1S/C25H26F2N2O3/c1-17-7-4-10-23(24(17)27)32-25-21(9-6-14-28-25)29(18(2)30)16-20-15-19(8-5-13-26)11-12-22(20)31-3/h4,6-7,9-12,14-15H,5,8,13,16H2,1-3H3. The van der Waals surface area contributed by atoms with Crippen LogP contribution in [0, 0.1) is 12.7 Å². The zero-order valence-corrected chi connectivity index (χ0v) is 18.4. The van der Waals surface area contributed by atoms with Gasteiger partial charge in [-0.05, 0) is 55.2 Å². The first-order valence-corrected chi connectivity index (χ1v) is 10.3. The van der Waals surface area contributed by atoms with Crippen LogP contribution in [0.15, 0.2) is 54.7 Å². The van der Waals surface area contributed by atoms with E-state index in [1.807, 2.05) is 18.2 Å². The highest BCUT2D eigenvalue weighted by Crippen LogP contribution is 2.34. The number of rotatable bonds is 9. The predicted octanol–water partition coefficient (Wildman–Crippen LogP) is 5.79. The summed E-state index contributed by atoms with van der Waals surface area (Å²) in [5, 5.41) is 0. The number of ether oxygens (including phenoxy) is 2. The number of amides is 1. The van der Waals surface area contributed by atoms with Crippen molar-refractivity contribution in [2.75, 3.05) is 18.7 Å². The van der Waals surface area contributed by atoms with E-state index in [4.69, 9.17) is 9.47 Å². The normalized spacial score (nSPS) is 10.7. The van der Waals surface area contributed by atoms with Crippen LogP contribution in [0.2, 0.25) is 0 Å². The molecule has 1 amide bonds. The number of anilines is 1. The highest BCUT2D eigenvalue weighted by atomic mass is 19.1. The van der Waals surface area contributed by atoms with E-state index in [0.29, 0.717) is 29.8 Å². The van der Waals surface area contributed by atoms with Gasteiger partial charge in [-0.15, -0.1) is 0 Å². The van der Waals surface area contributed by atoms with Crippen LogP contribution in [0.3, 0.4) is 0 Å². The van der Waals surface area contributed by atoms with Crippen LogP contribution in [0.4, 0.5) is 14.5 Å². The summed E-state index contributed by atoms with van der Waals surface area (Å²) in [6.45, 7) is 2.86. The summed E-state index contributed by atoms with van der Waals surface area (Å²) in [6, 6.07) is 13.8. The summed E-state index contributed by atoms with van der Waals surface area (Å²) in [5.74, 6) is 0.0137. The molecule has 2 aromatic carbocycles. The first-order valence-electron chi connectivity index (χ1n) is 10.3. The molecule has 0 atom stereocenters. The molecule has 1 heterocycles. The van der Waals surface area contributed by atoms with Gasteiger partial charge in [0.1, 0.15) is 11.4 Å². The molecule has 3 aromatic rings. The summed E-state index contributed by atoms with van der Waals surface area (Å²) in [7, 11) is 1.55. The molecular weight excluding hydrogens is 414 g/mol. The zero-order chi connectivity index (χ0) is 23.1. The van der Waals surface area contributed by atoms with Gasteiger partial charge >= 0.3 is 0 Å². The van der Waals surface area contributed by atoms with Gasteiger partial charge in [0.05, 0.1) is 20.3 Å². The van der Waals surface area contributed by atoms with Gasteiger partial charge in [-0.2, -0.15) is 0 Å². The molecule has 0 bridgehead atoms. The molecule has 32 heavy (non-hydrogen) atoms. The SMILES string of the molecule is COc1ccc(CCCF)cc1CN(C(C)=O)c1cccnc1Oc1cccc(C)c1F. The highest BCUT2D eigenvalue weighted by molar-refractivity contribution is 5.92. The van der Waals surface area contributed by atoms with Gasteiger partial charge in [0, 0.05) is 18.7 Å². The number of carbonyl (C=O) groups excluding carboxylic acids is 1. The number of hydrogen-bond acceptors (Lipinski definition) is 4. The lowest BCUT2D eigenvalue weighted by atomic mass is 10.0. The van der Waals surface area contributed by atoms with Crippen molar-refractivity contribution in [1.82, 2.24) is 4.98 Å². The van der Waals surface area contributed by atoms with Crippen LogP contribution in [0.1, 0.15) is 30.0 Å². The molecule has 0 saturated heterocycles. The minimum absolute atomic E-state index is 0.0271. The lowest BCUT2D eigenvalue weighted by Crippen LogP contribution is -2.28. The van der Waals surface area contributed by atoms with E-state index in [1.165, 1.54) is 24.1 Å². The van der Waals surface area contributed by atoms with Gasteiger partial charge < -0.3 is 14.4 Å². The fraction of sp³-hybridized carbons (Fsp3) is 0.280. The molecule has 0 fully saturated rings. The second kappa shape index (κ2) is 10.7. The molecule has 0 N–H and O–H groups in total. The second-order valence-electron chi connectivity index (χ2n) is 7.36. The largest absolute Gasteiger partial charge is 0.496 e. The number of carbonyl (C=O) groups is 1. The van der Waals surface area contributed by atoms with E-state index in [2.05, 4.69) is 4.98 Å². The van der Waals surface area contributed by atoms with Crippen molar-refractivity contribution >= 4 is 11.6 Å². The fourth-order valence-electron chi connectivity index (χ4n) is 3.39. The molecule has 0 aliphatic rings. The van der Waals surface area contributed by atoms with Gasteiger partial charge in [0.25, 0.3) is 0 Å². The Hall–Kier alpha value is -3.48. The molecule has 0 radical (unpaired) electrons. The smallest absolute Gasteiger partial charge is 0.243 e. The summed E-state index contributed by atoms with van der Waals surface area (Å²) < 4.78 is 38.3. The molecule has 0 saturated carbocycles. The van der Waals surface area contributed by atoms with Crippen molar-refractivity contribution in [3.8, 4) is 17.4 Å². The van der Waals surface area contributed by atoms with Crippen molar-refractivity contribution in [1.29, 1.82) is 0 Å². The Balaban J connectivity index is 1.97. The number of nitrogens with zero attached hydrogens (tertiary/aromatic N) is 2. The predicted molar refractivity (Wildman–Crippen MR) is 120 cm³/mol. The Morgan fingerprint density at radius 3 is 2.66 bits per heavy atom. The van der Waals surface area contributed by atoms with Crippen LogP contribution in [0.5, 0.6) is 17.4 Å². The van der Waals surface area contributed by atoms with E-state index >= 15 is 0 Å². The summed E-state index contributed by atoms with van der Waals surface area (Å²) in [4.78, 5) is 18.3. The lowest BCUT2D eigenvalue weighted by Gasteiger charge is -2.24. The second-order valence-corrected chi connectivity index (χ2v) is 7.36. The Morgan fingerprint density at radius 2 is 1.94 bits per heavy atom. The molecular formula is C25H26F2N2O3. The number of pyridine rings is 1. The molecule has 5 nitrogen and oxygen atoms in total. The number of aryl methyl sites for hydroxylation is 2. The maximum atomic E-state index is 14.5.